The van der Waals surface area contributed by atoms with Gasteiger partial charge in [0.05, 0.1) is 0 Å². The van der Waals surface area contributed by atoms with Crippen molar-refractivity contribution >= 4 is 0 Å². The van der Waals surface area contributed by atoms with E-state index in [-0.39, 0.29) is 0 Å². The maximum atomic E-state index is 5.65. The van der Waals surface area contributed by atoms with Gasteiger partial charge < -0.3 is 5.73 Å². The van der Waals surface area contributed by atoms with Gasteiger partial charge in [-0.25, -0.2) is 0 Å². The highest BCUT2D eigenvalue weighted by Gasteiger charge is 2.21. The Morgan fingerprint density at radius 2 is 2.00 bits per heavy atom. The van der Waals surface area contributed by atoms with Crippen molar-refractivity contribution in [3.63, 3.8) is 0 Å². The van der Waals surface area contributed by atoms with E-state index in [2.05, 4.69) is 13.8 Å². The third-order valence-electron chi connectivity index (χ3n) is 3.01. The van der Waals surface area contributed by atoms with Gasteiger partial charge in [-0.05, 0) is 30.7 Å². The molecule has 1 heteroatoms. The monoisotopic (exact) mass is 155 g/mol. The predicted octanol–water partition coefficient (Wildman–Crippen LogP) is 2.55. The van der Waals surface area contributed by atoms with E-state index in [1.807, 2.05) is 0 Å². The lowest BCUT2D eigenvalue weighted by Crippen LogP contribution is -2.25. The highest BCUT2D eigenvalue weighted by Crippen LogP contribution is 2.34. The summed E-state index contributed by atoms with van der Waals surface area (Å²) in [5.41, 5.74) is 6.04. The number of nitrogens with two attached hydrogens (primary N) is 1. The van der Waals surface area contributed by atoms with E-state index < -0.39 is 0 Å². The SMILES string of the molecule is CC(C)(CN)CCC1CCC1. The molecule has 1 saturated carbocycles. The summed E-state index contributed by atoms with van der Waals surface area (Å²) in [5.74, 6) is 1.04. The Kier molecular flexibility index (Phi) is 2.94. The summed E-state index contributed by atoms with van der Waals surface area (Å²) in [6.07, 6.45) is 7.13. The van der Waals surface area contributed by atoms with E-state index in [0.717, 1.165) is 12.5 Å². The van der Waals surface area contributed by atoms with Crippen molar-refractivity contribution < 1.29 is 0 Å². The molecule has 0 bridgehead atoms. The zero-order valence-electron chi connectivity index (χ0n) is 7.90. The van der Waals surface area contributed by atoms with Gasteiger partial charge in [0.25, 0.3) is 0 Å². The number of rotatable bonds is 4. The van der Waals surface area contributed by atoms with Crippen molar-refractivity contribution in [1.29, 1.82) is 0 Å². The van der Waals surface area contributed by atoms with Crippen LogP contribution >= 0.6 is 0 Å². The van der Waals surface area contributed by atoms with Crippen molar-refractivity contribution in [2.45, 2.75) is 46.0 Å². The summed E-state index contributed by atoms with van der Waals surface area (Å²) < 4.78 is 0. The molecule has 1 fully saturated rings. The molecule has 0 unspecified atom stereocenters. The molecule has 0 saturated heterocycles. The van der Waals surface area contributed by atoms with Gasteiger partial charge in [0, 0.05) is 0 Å². The van der Waals surface area contributed by atoms with Crippen LogP contribution in [0.3, 0.4) is 0 Å². The van der Waals surface area contributed by atoms with Gasteiger partial charge in [-0.2, -0.15) is 0 Å². The van der Waals surface area contributed by atoms with Crippen molar-refractivity contribution in [2.75, 3.05) is 6.54 Å². The maximum absolute atomic E-state index is 5.65. The molecule has 0 aliphatic heterocycles. The van der Waals surface area contributed by atoms with Crippen LogP contribution in [0, 0.1) is 11.3 Å². The number of hydrogen-bond acceptors (Lipinski definition) is 1. The highest BCUT2D eigenvalue weighted by molar-refractivity contribution is 4.75. The summed E-state index contributed by atoms with van der Waals surface area (Å²) in [5, 5.41) is 0. The van der Waals surface area contributed by atoms with Gasteiger partial charge in [0.1, 0.15) is 0 Å². The lowest BCUT2D eigenvalue weighted by molar-refractivity contribution is 0.235. The molecule has 0 atom stereocenters. The average molecular weight is 155 g/mol. The molecule has 0 aromatic carbocycles. The Labute approximate surface area is 70.4 Å². The molecule has 1 aliphatic carbocycles. The van der Waals surface area contributed by atoms with Crippen molar-refractivity contribution in [3.05, 3.63) is 0 Å². The summed E-state index contributed by atoms with van der Waals surface area (Å²) in [6.45, 7) is 5.37. The second-order valence-electron chi connectivity index (χ2n) is 4.70. The lowest BCUT2D eigenvalue weighted by Gasteiger charge is -2.30. The van der Waals surface area contributed by atoms with Gasteiger partial charge in [-0.3, -0.25) is 0 Å². The van der Waals surface area contributed by atoms with Crippen LogP contribution in [0.25, 0.3) is 0 Å². The van der Waals surface area contributed by atoms with E-state index in [4.69, 9.17) is 5.73 Å². The quantitative estimate of drug-likeness (QED) is 0.663. The molecule has 1 nitrogen and oxygen atoms in total. The fraction of sp³-hybridized carbons (Fsp3) is 1.00. The van der Waals surface area contributed by atoms with Crippen LogP contribution in [0.1, 0.15) is 46.0 Å². The Balaban J connectivity index is 2.09. The molecule has 0 aromatic rings. The molecule has 11 heavy (non-hydrogen) atoms. The van der Waals surface area contributed by atoms with Gasteiger partial charge in [0.15, 0.2) is 0 Å². The minimum atomic E-state index is 0.385. The van der Waals surface area contributed by atoms with Gasteiger partial charge in [-0.1, -0.05) is 33.1 Å². The first-order valence-electron chi connectivity index (χ1n) is 4.84. The normalized spacial score (nSPS) is 19.9. The summed E-state index contributed by atoms with van der Waals surface area (Å²) in [6, 6.07) is 0. The zero-order chi connectivity index (χ0) is 8.32. The Bertz CT molecular complexity index is 114. The lowest BCUT2D eigenvalue weighted by atomic mass is 9.77. The van der Waals surface area contributed by atoms with Crippen LogP contribution in [0.2, 0.25) is 0 Å². The first kappa shape index (κ1) is 9.05. The van der Waals surface area contributed by atoms with Crippen LogP contribution in [0.5, 0.6) is 0 Å². The van der Waals surface area contributed by atoms with Crippen LogP contribution in [0.15, 0.2) is 0 Å². The summed E-state index contributed by atoms with van der Waals surface area (Å²) >= 11 is 0. The third-order valence-corrected chi connectivity index (χ3v) is 3.01. The number of hydrogen-bond donors (Lipinski definition) is 1. The van der Waals surface area contributed by atoms with Crippen molar-refractivity contribution in [3.8, 4) is 0 Å². The van der Waals surface area contributed by atoms with Crippen LogP contribution in [0.4, 0.5) is 0 Å². The Morgan fingerprint density at radius 1 is 1.36 bits per heavy atom. The molecule has 2 N–H and O–H groups in total. The second-order valence-corrected chi connectivity index (χ2v) is 4.70. The van der Waals surface area contributed by atoms with E-state index in [1.54, 1.807) is 0 Å². The molecule has 0 radical (unpaired) electrons. The first-order valence-corrected chi connectivity index (χ1v) is 4.84. The third kappa shape index (κ3) is 2.82. The predicted molar refractivity (Wildman–Crippen MR) is 49.4 cm³/mol. The molecule has 1 aliphatic rings. The van der Waals surface area contributed by atoms with E-state index in [0.29, 0.717) is 5.41 Å². The summed E-state index contributed by atoms with van der Waals surface area (Å²) in [7, 11) is 0. The minimum Gasteiger partial charge on any atom is -0.330 e. The standard InChI is InChI=1S/C10H21N/c1-10(2,8-11)7-6-9-4-3-5-9/h9H,3-8,11H2,1-2H3. The van der Waals surface area contributed by atoms with E-state index in [9.17, 15) is 0 Å². The first-order chi connectivity index (χ1) is 5.14. The molecular weight excluding hydrogens is 134 g/mol. The second kappa shape index (κ2) is 3.57. The van der Waals surface area contributed by atoms with Crippen LogP contribution < -0.4 is 5.73 Å². The van der Waals surface area contributed by atoms with Crippen molar-refractivity contribution in [2.24, 2.45) is 17.1 Å². The van der Waals surface area contributed by atoms with Crippen LogP contribution in [-0.4, -0.2) is 6.54 Å². The zero-order valence-corrected chi connectivity index (χ0v) is 7.90. The molecule has 0 amide bonds. The maximum Gasteiger partial charge on any atom is -0.00258 e. The average Bonchev–Trinajstić information content (AvgIpc) is 1.84. The fourth-order valence-electron chi connectivity index (χ4n) is 1.48. The largest absolute Gasteiger partial charge is 0.330 e. The fourth-order valence-corrected chi connectivity index (χ4v) is 1.48. The summed E-state index contributed by atoms with van der Waals surface area (Å²) in [4.78, 5) is 0. The molecule has 0 spiro atoms. The van der Waals surface area contributed by atoms with E-state index in [1.165, 1.54) is 32.1 Å². The minimum absolute atomic E-state index is 0.385. The molecule has 0 aromatic heterocycles. The topological polar surface area (TPSA) is 26.0 Å². The van der Waals surface area contributed by atoms with E-state index >= 15 is 0 Å². The smallest absolute Gasteiger partial charge is 0.00258 e. The Morgan fingerprint density at radius 3 is 2.36 bits per heavy atom. The Hall–Kier alpha value is -0.0400. The van der Waals surface area contributed by atoms with Gasteiger partial charge >= 0.3 is 0 Å². The molecule has 1 rings (SSSR count). The molecule has 0 heterocycles. The van der Waals surface area contributed by atoms with Gasteiger partial charge in [0.2, 0.25) is 0 Å². The highest BCUT2D eigenvalue weighted by atomic mass is 14.6. The van der Waals surface area contributed by atoms with Crippen LogP contribution in [-0.2, 0) is 0 Å². The van der Waals surface area contributed by atoms with Crippen molar-refractivity contribution in [1.82, 2.24) is 0 Å². The molecular formula is C10H21N. The molecule has 66 valence electrons. The van der Waals surface area contributed by atoms with Gasteiger partial charge in [-0.15, -0.1) is 0 Å².